The third kappa shape index (κ3) is 5.37. The monoisotopic (exact) mass is 560 g/mol. The number of rotatable bonds is 8. The van der Waals surface area contributed by atoms with E-state index in [0.29, 0.717) is 33.3 Å². The number of hydrogen-bond donors (Lipinski definition) is 2. The minimum atomic E-state index is -2.76. The van der Waals surface area contributed by atoms with Crippen LogP contribution in [0.25, 0.3) is 33.3 Å². The number of hydrogen-bond acceptors (Lipinski definition) is 3. The molecule has 0 bridgehead atoms. The minimum Gasteiger partial charge on any atom is -0.354 e. The summed E-state index contributed by atoms with van der Waals surface area (Å²) in [6.45, 7) is 0. The third-order valence-electron chi connectivity index (χ3n) is 7.25. The van der Waals surface area contributed by atoms with E-state index in [1.165, 1.54) is 30.5 Å². The number of nitrogens with zero attached hydrogens (tertiary/aromatic N) is 2. The first kappa shape index (κ1) is 26.5. The maximum Gasteiger partial charge on any atom is 0.260 e. The molecule has 6 rings (SSSR count). The van der Waals surface area contributed by atoms with Crippen molar-refractivity contribution in [1.82, 2.24) is 14.5 Å². The van der Waals surface area contributed by atoms with Gasteiger partial charge in [-0.15, -0.1) is 0 Å². The highest BCUT2D eigenvalue weighted by Gasteiger charge is 2.28. The molecule has 1 saturated carbocycles. The van der Waals surface area contributed by atoms with Gasteiger partial charge in [-0.3, -0.25) is 9.59 Å². The molecule has 3 heterocycles. The second kappa shape index (κ2) is 10.7. The van der Waals surface area contributed by atoms with Crippen molar-refractivity contribution in [2.24, 2.45) is 0 Å². The minimum absolute atomic E-state index is 0.105. The number of H-pyrrole nitrogens is 1. The first-order valence-electron chi connectivity index (χ1n) is 13.1. The molecule has 0 aliphatic heterocycles. The van der Waals surface area contributed by atoms with E-state index < -0.39 is 36.3 Å². The fourth-order valence-electron chi connectivity index (χ4n) is 5.12. The number of fused-ring (bicyclic) bond motifs is 1. The average Bonchev–Trinajstić information content (AvgIpc) is 3.72. The summed E-state index contributed by atoms with van der Waals surface area (Å²) in [4.78, 5) is 34.2. The predicted molar refractivity (Wildman–Crippen MR) is 148 cm³/mol. The normalized spacial score (nSPS) is 14.0. The zero-order chi connectivity index (χ0) is 28.7. The van der Waals surface area contributed by atoms with E-state index in [9.17, 15) is 27.2 Å². The number of nitrogens with one attached hydrogen (secondary N) is 2. The number of pyridine rings is 2. The maximum atomic E-state index is 13.8. The Bertz CT molecular complexity index is 1790. The van der Waals surface area contributed by atoms with E-state index in [4.69, 9.17) is 0 Å². The van der Waals surface area contributed by atoms with Crippen LogP contribution in [0.15, 0.2) is 83.9 Å². The SMILES string of the molecule is O=C(Nc1cc(-c2[nH]c3ccn(C4CC4)c(=O)c3c2-c2ccc(F)cc2)ccn1)C(CC(F)F)c1ccc(F)cc1. The molecule has 1 atom stereocenters. The lowest BCUT2D eigenvalue weighted by Gasteiger charge is -2.17. The molecule has 0 radical (unpaired) electrons. The molecule has 10 heteroatoms. The van der Waals surface area contributed by atoms with Crippen LogP contribution in [-0.2, 0) is 4.79 Å². The molecule has 5 aromatic rings. The van der Waals surface area contributed by atoms with Gasteiger partial charge in [-0.1, -0.05) is 24.3 Å². The topological polar surface area (TPSA) is 79.8 Å². The number of halogens is 4. The maximum absolute atomic E-state index is 13.8. The Morgan fingerprint density at radius 3 is 2.32 bits per heavy atom. The van der Waals surface area contributed by atoms with Crippen molar-refractivity contribution in [3.8, 4) is 22.4 Å². The molecule has 208 valence electrons. The largest absolute Gasteiger partial charge is 0.354 e. The van der Waals surface area contributed by atoms with E-state index in [-0.39, 0.29) is 23.0 Å². The van der Waals surface area contributed by atoms with Crippen LogP contribution in [0, 0.1) is 11.6 Å². The Balaban J connectivity index is 1.41. The Kier molecular flexibility index (Phi) is 6.90. The zero-order valence-corrected chi connectivity index (χ0v) is 21.6. The first-order valence-corrected chi connectivity index (χ1v) is 13.1. The Hall–Kier alpha value is -4.73. The number of alkyl halides is 2. The summed E-state index contributed by atoms with van der Waals surface area (Å²) in [7, 11) is 0. The molecular weight excluding hydrogens is 536 g/mol. The molecule has 1 unspecified atom stereocenters. The van der Waals surface area contributed by atoms with E-state index in [0.717, 1.165) is 25.0 Å². The number of carbonyl (C=O) groups excluding carboxylic acids is 1. The molecule has 6 nitrogen and oxygen atoms in total. The Morgan fingerprint density at radius 2 is 1.66 bits per heavy atom. The summed E-state index contributed by atoms with van der Waals surface area (Å²) in [5, 5.41) is 3.06. The summed E-state index contributed by atoms with van der Waals surface area (Å²) in [5.41, 5.74) is 2.99. The highest BCUT2D eigenvalue weighted by Crippen LogP contribution is 2.39. The van der Waals surface area contributed by atoms with Crippen LogP contribution in [0.2, 0.25) is 0 Å². The number of amides is 1. The van der Waals surface area contributed by atoms with Gasteiger partial charge in [-0.05, 0) is 66.4 Å². The molecule has 0 spiro atoms. The van der Waals surface area contributed by atoms with Crippen LogP contribution in [-0.4, -0.2) is 26.9 Å². The van der Waals surface area contributed by atoms with Crippen molar-refractivity contribution in [1.29, 1.82) is 0 Å². The predicted octanol–water partition coefficient (Wildman–Crippen LogP) is 7.05. The summed E-state index contributed by atoms with van der Waals surface area (Å²) >= 11 is 0. The summed E-state index contributed by atoms with van der Waals surface area (Å²) in [6, 6.07) is 15.9. The van der Waals surface area contributed by atoms with Gasteiger partial charge in [0.25, 0.3) is 5.56 Å². The highest BCUT2D eigenvalue weighted by molar-refractivity contribution is 6.04. The number of aromatic nitrogens is 3. The fraction of sp³-hybridized carbons (Fsp3) is 0.194. The van der Waals surface area contributed by atoms with E-state index in [2.05, 4.69) is 15.3 Å². The van der Waals surface area contributed by atoms with E-state index >= 15 is 0 Å². The Morgan fingerprint density at radius 1 is 0.976 bits per heavy atom. The number of carbonyl (C=O) groups is 1. The van der Waals surface area contributed by atoms with Gasteiger partial charge >= 0.3 is 0 Å². The molecule has 1 aliphatic rings. The molecule has 0 saturated heterocycles. The standard InChI is InChI=1S/C31H24F4N4O2/c32-20-5-1-17(2-6-20)23(16-25(34)35)30(40)38-26-15-19(11-13-36-26)29-27(18-3-7-21(33)8-4-18)28-24(37-29)12-14-39(31(28)41)22-9-10-22/h1-8,11-15,22-23,25,37H,9-10,16H2,(H,36,38,40). The smallest absolute Gasteiger partial charge is 0.260 e. The van der Waals surface area contributed by atoms with Crippen molar-refractivity contribution in [2.75, 3.05) is 5.32 Å². The summed E-state index contributed by atoms with van der Waals surface area (Å²) in [6.07, 6.45) is 1.54. The van der Waals surface area contributed by atoms with Crippen LogP contribution in [0.5, 0.6) is 0 Å². The van der Waals surface area contributed by atoms with Gasteiger partial charge in [-0.25, -0.2) is 22.5 Å². The number of aromatic amines is 1. The number of benzene rings is 2. The van der Waals surface area contributed by atoms with Gasteiger partial charge in [0.15, 0.2) is 0 Å². The van der Waals surface area contributed by atoms with Crippen molar-refractivity contribution >= 4 is 22.6 Å². The molecule has 2 N–H and O–H groups in total. The molecule has 2 aromatic carbocycles. The quantitative estimate of drug-likeness (QED) is 0.200. The van der Waals surface area contributed by atoms with Crippen LogP contribution in [0.4, 0.5) is 23.4 Å². The lowest BCUT2D eigenvalue weighted by Crippen LogP contribution is -2.23. The molecule has 1 aliphatic carbocycles. The molecule has 1 fully saturated rings. The van der Waals surface area contributed by atoms with Crippen LogP contribution >= 0.6 is 0 Å². The molecule has 41 heavy (non-hydrogen) atoms. The molecular formula is C31H24F4N4O2. The molecule has 3 aromatic heterocycles. The van der Waals surface area contributed by atoms with Crippen LogP contribution in [0.1, 0.15) is 36.8 Å². The van der Waals surface area contributed by atoms with E-state index in [1.807, 2.05) is 6.07 Å². The van der Waals surface area contributed by atoms with Crippen molar-refractivity contribution in [3.05, 3.63) is 107 Å². The molecule has 1 amide bonds. The van der Waals surface area contributed by atoms with Gasteiger partial charge < -0.3 is 14.9 Å². The van der Waals surface area contributed by atoms with Gasteiger partial charge in [0, 0.05) is 36.0 Å². The van der Waals surface area contributed by atoms with E-state index in [1.54, 1.807) is 35.0 Å². The van der Waals surface area contributed by atoms with Gasteiger partial charge in [-0.2, -0.15) is 0 Å². The highest BCUT2D eigenvalue weighted by atomic mass is 19.3. The lowest BCUT2D eigenvalue weighted by atomic mass is 9.95. The average molecular weight is 561 g/mol. The second-order valence-corrected chi connectivity index (χ2v) is 10.1. The first-order chi connectivity index (χ1) is 19.8. The summed E-state index contributed by atoms with van der Waals surface area (Å²) in [5.74, 6) is -2.81. The van der Waals surface area contributed by atoms with Crippen molar-refractivity contribution in [2.45, 2.75) is 37.6 Å². The van der Waals surface area contributed by atoms with Crippen LogP contribution in [0.3, 0.4) is 0 Å². The number of anilines is 1. The zero-order valence-electron chi connectivity index (χ0n) is 21.6. The van der Waals surface area contributed by atoms with Crippen LogP contribution < -0.4 is 10.9 Å². The van der Waals surface area contributed by atoms with Gasteiger partial charge in [0.1, 0.15) is 17.5 Å². The van der Waals surface area contributed by atoms with Gasteiger partial charge in [0.05, 0.1) is 22.5 Å². The second-order valence-electron chi connectivity index (χ2n) is 10.1. The third-order valence-corrected chi connectivity index (χ3v) is 7.25. The summed E-state index contributed by atoms with van der Waals surface area (Å²) < 4.78 is 55.6. The lowest BCUT2D eigenvalue weighted by molar-refractivity contribution is -0.118. The Labute approximate surface area is 231 Å². The van der Waals surface area contributed by atoms with Crippen molar-refractivity contribution < 1.29 is 22.4 Å². The fourth-order valence-corrected chi connectivity index (χ4v) is 5.12. The van der Waals surface area contributed by atoms with Crippen molar-refractivity contribution in [3.63, 3.8) is 0 Å². The van der Waals surface area contributed by atoms with Gasteiger partial charge in [0.2, 0.25) is 12.3 Å².